The van der Waals surface area contributed by atoms with Gasteiger partial charge >= 0.3 is 0 Å². The van der Waals surface area contributed by atoms with E-state index in [1.807, 2.05) is 54.6 Å². The molecule has 156 valence electrons. The van der Waals surface area contributed by atoms with Crippen LogP contribution < -0.4 is 0 Å². The van der Waals surface area contributed by atoms with Gasteiger partial charge in [-0.25, -0.2) is 0 Å². The van der Waals surface area contributed by atoms with Gasteiger partial charge in [0.1, 0.15) is 11.7 Å². The monoisotopic (exact) mass is 412 g/mol. The van der Waals surface area contributed by atoms with E-state index in [-0.39, 0.29) is 18.7 Å². The Morgan fingerprint density at radius 3 is 1.74 bits per heavy atom. The summed E-state index contributed by atoms with van der Waals surface area (Å²) in [6.07, 6.45) is 0.170. The van der Waals surface area contributed by atoms with Crippen molar-refractivity contribution in [1.29, 1.82) is 0 Å². The fourth-order valence-electron chi connectivity index (χ4n) is 4.48. The van der Waals surface area contributed by atoms with Gasteiger partial charge in [0.05, 0.1) is 6.61 Å². The molecule has 1 aliphatic heterocycles. The van der Waals surface area contributed by atoms with Crippen LogP contribution in [0.5, 0.6) is 0 Å². The van der Waals surface area contributed by atoms with E-state index in [2.05, 4.69) is 43.0 Å². The standard InChI is InChI=1S/C27H24O4/c1-19-30-25-20(17-24(28)26(25)31-19)18-29-27(21-11-5-2-6-12-21,22-13-7-3-8-14-22)23-15-9-4-10-16-23/h2-17,24-26,28H,1,18H2/t24-,25+,26-/m0/s1. The Labute approximate surface area is 182 Å². The van der Waals surface area contributed by atoms with Gasteiger partial charge in [-0.3, -0.25) is 0 Å². The van der Waals surface area contributed by atoms with Gasteiger partial charge < -0.3 is 19.3 Å². The highest BCUT2D eigenvalue weighted by atomic mass is 16.7. The topological polar surface area (TPSA) is 47.9 Å². The van der Waals surface area contributed by atoms with Gasteiger partial charge in [0.2, 0.25) is 0 Å². The van der Waals surface area contributed by atoms with Crippen LogP contribution in [-0.2, 0) is 19.8 Å². The lowest BCUT2D eigenvalue weighted by Gasteiger charge is -2.36. The fraction of sp³-hybridized carbons (Fsp3) is 0.185. The predicted molar refractivity (Wildman–Crippen MR) is 118 cm³/mol. The lowest BCUT2D eigenvalue weighted by Crippen LogP contribution is -2.35. The van der Waals surface area contributed by atoms with Crippen LogP contribution >= 0.6 is 0 Å². The maximum absolute atomic E-state index is 10.4. The Bertz CT molecular complexity index is 979. The fourth-order valence-corrected chi connectivity index (χ4v) is 4.48. The highest BCUT2D eigenvalue weighted by Crippen LogP contribution is 2.42. The van der Waals surface area contributed by atoms with Crippen LogP contribution in [0.1, 0.15) is 16.7 Å². The summed E-state index contributed by atoms with van der Waals surface area (Å²) in [4.78, 5) is 0. The molecule has 1 fully saturated rings. The van der Waals surface area contributed by atoms with Crippen molar-refractivity contribution in [3.05, 3.63) is 132 Å². The molecule has 0 amide bonds. The summed E-state index contributed by atoms with van der Waals surface area (Å²) in [5.74, 6) is 0.236. The van der Waals surface area contributed by atoms with Crippen molar-refractivity contribution in [2.45, 2.75) is 23.9 Å². The van der Waals surface area contributed by atoms with E-state index < -0.39 is 17.8 Å². The molecule has 31 heavy (non-hydrogen) atoms. The van der Waals surface area contributed by atoms with Crippen LogP contribution in [0.2, 0.25) is 0 Å². The first-order valence-electron chi connectivity index (χ1n) is 10.4. The lowest BCUT2D eigenvalue weighted by molar-refractivity contribution is 0.0186. The number of benzene rings is 3. The largest absolute Gasteiger partial charge is 0.455 e. The molecule has 4 heteroatoms. The van der Waals surface area contributed by atoms with Crippen LogP contribution in [0.4, 0.5) is 0 Å². The zero-order valence-electron chi connectivity index (χ0n) is 17.1. The van der Waals surface area contributed by atoms with Gasteiger partial charge in [0, 0.05) is 0 Å². The molecule has 1 heterocycles. The van der Waals surface area contributed by atoms with Gasteiger partial charge in [-0.15, -0.1) is 0 Å². The molecule has 3 aromatic carbocycles. The number of aliphatic hydroxyl groups excluding tert-OH is 1. The minimum atomic E-state index is -0.829. The zero-order valence-corrected chi connectivity index (χ0v) is 17.1. The number of fused-ring (bicyclic) bond motifs is 1. The first kappa shape index (κ1) is 19.6. The molecule has 1 aliphatic carbocycles. The quantitative estimate of drug-likeness (QED) is 0.477. The SMILES string of the molecule is C=C1O[C@@H]2[C@H](O1)C(COC(c1ccccc1)(c1ccccc1)c1ccccc1)=C[C@@H]2O. The van der Waals surface area contributed by atoms with E-state index in [1.54, 1.807) is 6.08 Å². The van der Waals surface area contributed by atoms with Gasteiger partial charge in [-0.1, -0.05) is 91.0 Å². The molecule has 2 aliphatic rings. The van der Waals surface area contributed by atoms with Crippen molar-refractivity contribution in [1.82, 2.24) is 0 Å². The Kier molecular flexibility index (Phi) is 5.10. The molecular formula is C27H24O4. The van der Waals surface area contributed by atoms with Gasteiger partial charge in [0.15, 0.2) is 12.2 Å². The second-order valence-corrected chi connectivity index (χ2v) is 7.79. The van der Waals surface area contributed by atoms with E-state index in [0.29, 0.717) is 0 Å². The minimum Gasteiger partial charge on any atom is -0.455 e. The van der Waals surface area contributed by atoms with E-state index in [4.69, 9.17) is 14.2 Å². The summed E-state index contributed by atoms with van der Waals surface area (Å²) >= 11 is 0. The molecule has 0 unspecified atom stereocenters. The molecule has 1 saturated heterocycles. The Morgan fingerprint density at radius 2 is 1.26 bits per heavy atom. The smallest absolute Gasteiger partial charge is 0.272 e. The molecule has 0 bridgehead atoms. The zero-order chi connectivity index (χ0) is 21.3. The number of aliphatic hydroxyl groups is 1. The van der Waals surface area contributed by atoms with Crippen molar-refractivity contribution in [3.8, 4) is 0 Å². The molecule has 1 N–H and O–H groups in total. The van der Waals surface area contributed by atoms with E-state index in [9.17, 15) is 5.11 Å². The van der Waals surface area contributed by atoms with Crippen molar-refractivity contribution in [3.63, 3.8) is 0 Å². The highest BCUT2D eigenvalue weighted by Gasteiger charge is 2.46. The minimum absolute atomic E-state index is 0.236. The first-order chi connectivity index (χ1) is 15.2. The van der Waals surface area contributed by atoms with Crippen molar-refractivity contribution >= 4 is 0 Å². The number of hydrogen-bond donors (Lipinski definition) is 1. The second-order valence-electron chi connectivity index (χ2n) is 7.79. The van der Waals surface area contributed by atoms with E-state index >= 15 is 0 Å². The molecule has 3 atom stereocenters. The van der Waals surface area contributed by atoms with Gasteiger partial charge in [-0.2, -0.15) is 0 Å². The third-order valence-electron chi connectivity index (χ3n) is 5.91. The third-order valence-corrected chi connectivity index (χ3v) is 5.91. The average molecular weight is 412 g/mol. The first-order valence-corrected chi connectivity index (χ1v) is 10.4. The summed E-state index contributed by atoms with van der Waals surface area (Å²) in [5.41, 5.74) is 3.09. The van der Waals surface area contributed by atoms with E-state index in [0.717, 1.165) is 22.3 Å². The maximum atomic E-state index is 10.4. The van der Waals surface area contributed by atoms with Gasteiger partial charge in [0.25, 0.3) is 5.95 Å². The molecule has 0 aromatic heterocycles. The molecule has 4 nitrogen and oxygen atoms in total. The van der Waals surface area contributed by atoms with Crippen molar-refractivity contribution < 1.29 is 19.3 Å². The molecule has 5 rings (SSSR count). The normalized spacial score (nSPS) is 22.4. The van der Waals surface area contributed by atoms with Crippen molar-refractivity contribution in [2.24, 2.45) is 0 Å². The summed E-state index contributed by atoms with van der Waals surface area (Å²) in [6.45, 7) is 4.00. The Balaban J connectivity index is 1.59. The Morgan fingerprint density at radius 1 is 0.774 bits per heavy atom. The van der Waals surface area contributed by atoms with Crippen molar-refractivity contribution in [2.75, 3.05) is 6.61 Å². The van der Waals surface area contributed by atoms with Crippen LogP contribution in [0.25, 0.3) is 0 Å². The Hall–Kier alpha value is -3.34. The highest BCUT2D eigenvalue weighted by molar-refractivity contribution is 5.47. The van der Waals surface area contributed by atoms with Crippen LogP contribution in [-0.4, -0.2) is 30.0 Å². The average Bonchev–Trinajstić information content (AvgIpc) is 3.34. The summed E-state index contributed by atoms with van der Waals surface area (Å²) in [6, 6.07) is 30.6. The molecule has 0 saturated carbocycles. The second kappa shape index (κ2) is 8.06. The predicted octanol–water partition coefficient (Wildman–Crippen LogP) is 4.55. The maximum Gasteiger partial charge on any atom is 0.272 e. The summed E-state index contributed by atoms with van der Waals surface area (Å²) in [7, 11) is 0. The lowest BCUT2D eigenvalue weighted by atomic mass is 9.80. The molecular weight excluding hydrogens is 388 g/mol. The summed E-state index contributed by atoms with van der Waals surface area (Å²) in [5, 5.41) is 10.4. The van der Waals surface area contributed by atoms with Crippen LogP contribution in [0.15, 0.2) is 115 Å². The van der Waals surface area contributed by atoms with Crippen LogP contribution in [0, 0.1) is 0 Å². The number of hydrogen-bond acceptors (Lipinski definition) is 4. The number of rotatable bonds is 6. The number of ether oxygens (including phenoxy) is 3. The van der Waals surface area contributed by atoms with E-state index in [1.165, 1.54) is 0 Å². The van der Waals surface area contributed by atoms with Crippen LogP contribution in [0.3, 0.4) is 0 Å². The molecule has 3 aromatic rings. The molecule has 0 spiro atoms. The third kappa shape index (κ3) is 3.44. The van der Waals surface area contributed by atoms with Gasteiger partial charge in [-0.05, 0) is 34.9 Å². The molecule has 0 radical (unpaired) electrons. The summed E-state index contributed by atoms with van der Waals surface area (Å²) < 4.78 is 18.1.